The molecule has 0 atom stereocenters. The van der Waals surface area contributed by atoms with Gasteiger partial charge in [-0.25, -0.2) is 22.3 Å². The number of hydrogen-bond donors (Lipinski definition) is 2. The van der Waals surface area contributed by atoms with E-state index < -0.39 is 15.8 Å². The van der Waals surface area contributed by atoms with E-state index in [0.717, 1.165) is 0 Å². The smallest absolute Gasteiger partial charge is 0.317 e. The van der Waals surface area contributed by atoms with Crippen molar-refractivity contribution in [2.75, 3.05) is 44.2 Å². The third-order valence-corrected chi connectivity index (χ3v) is 6.76. The zero-order valence-corrected chi connectivity index (χ0v) is 19.0. The Labute approximate surface area is 191 Å². The summed E-state index contributed by atoms with van der Waals surface area (Å²) >= 11 is 5.82. The van der Waals surface area contributed by atoms with E-state index in [2.05, 4.69) is 10.0 Å². The van der Waals surface area contributed by atoms with Crippen molar-refractivity contribution in [3.63, 3.8) is 0 Å². The molecule has 11 heteroatoms. The molecule has 8 nitrogen and oxygen atoms in total. The summed E-state index contributed by atoms with van der Waals surface area (Å²) in [6.45, 7) is 3.15. The van der Waals surface area contributed by atoms with E-state index in [1.54, 1.807) is 29.2 Å². The molecule has 172 valence electrons. The highest BCUT2D eigenvalue weighted by Gasteiger charge is 2.23. The number of carbonyl (C=O) groups is 2. The van der Waals surface area contributed by atoms with E-state index >= 15 is 0 Å². The molecule has 1 aliphatic rings. The third-order valence-electron chi connectivity index (χ3n) is 5.06. The van der Waals surface area contributed by atoms with Crippen LogP contribution in [0.3, 0.4) is 0 Å². The maximum absolute atomic E-state index is 14.3. The number of nitrogens with one attached hydrogen (secondary N) is 2. The minimum atomic E-state index is -3.72. The van der Waals surface area contributed by atoms with Crippen LogP contribution in [0.1, 0.15) is 17.3 Å². The molecule has 2 aromatic rings. The van der Waals surface area contributed by atoms with Gasteiger partial charge in [0.05, 0.1) is 10.6 Å². The van der Waals surface area contributed by atoms with Gasteiger partial charge in [0.1, 0.15) is 5.82 Å². The summed E-state index contributed by atoms with van der Waals surface area (Å²) in [5.74, 6) is -0.672. The van der Waals surface area contributed by atoms with Gasteiger partial charge in [-0.15, -0.1) is 0 Å². The first-order valence-corrected chi connectivity index (χ1v) is 11.9. The fourth-order valence-corrected chi connectivity index (χ4v) is 4.65. The Morgan fingerprint density at radius 1 is 1.06 bits per heavy atom. The summed E-state index contributed by atoms with van der Waals surface area (Å²) in [6.07, 6.45) is 0. The number of Topliss-reactive ketones (excluding diaryl/α,β-unsaturated/α-hetero) is 1. The number of rotatable bonds is 7. The Morgan fingerprint density at radius 3 is 2.41 bits per heavy atom. The molecule has 0 radical (unpaired) electrons. The summed E-state index contributed by atoms with van der Waals surface area (Å²) < 4.78 is 41.2. The predicted molar refractivity (Wildman–Crippen MR) is 120 cm³/mol. The van der Waals surface area contributed by atoms with Crippen LogP contribution in [0.15, 0.2) is 47.4 Å². The summed E-state index contributed by atoms with van der Waals surface area (Å²) in [6, 6.07) is 9.97. The quantitative estimate of drug-likeness (QED) is 0.466. The Morgan fingerprint density at radius 2 is 1.78 bits per heavy atom. The van der Waals surface area contributed by atoms with Gasteiger partial charge in [-0.2, -0.15) is 0 Å². The van der Waals surface area contributed by atoms with Crippen LogP contribution >= 0.6 is 11.6 Å². The molecule has 0 aromatic heterocycles. The van der Waals surface area contributed by atoms with Crippen molar-refractivity contribution in [1.29, 1.82) is 0 Å². The fraction of sp³-hybridized carbons (Fsp3) is 0.333. The lowest BCUT2D eigenvalue weighted by Crippen LogP contribution is -2.52. The number of sulfonamides is 1. The fourth-order valence-electron chi connectivity index (χ4n) is 3.32. The third kappa shape index (κ3) is 5.96. The SMILES string of the molecule is CC(=O)c1ccc(N2CCN(C(=O)NCCNS(=O)(=O)c3cccc(Cl)c3)CC2)c(F)c1. The zero-order chi connectivity index (χ0) is 23.3. The van der Waals surface area contributed by atoms with Crippen LogP contribution in [-0.4, -0.2) is 64.4 Å². The van der Waals surface area contributed by atoms with Crippen LogP contribution in [0.4, 0.5) is 14.9 Å². The van der Waals surface area contributed by atoms with Gasteiger partial charge in [-0.3, -0.25) is 4.79 Å². The van der Waals surface area contributed by atoms with Crippen LogP contribution in [0.2, 0.25) is 5.02 Å². The van der Waals surface area contributed by atoms with Crippen molar-refractivity contribution in [3.05, 3.63) is 58.9 Å². The van der Waals surface area contributed by atoms with Crippen LogP contribution < -0.4 is 14.9 Å². The zero-order valence-electron chi connectivity index (χ0n) is 17.5. The molecule has 0 spiro atoms. The van der Waals surface area contributed by atoms with E-state index in [9.17, 15) is 22.4 Å². The topological polar surface area (TPSA) is 98.8 Å². The van der Waals surface area contributed by atoms with Gasteiger partial charge in [0.25, 0.3) is 0 Å². The van der Waals surface area contributed by atoms with Gasteiger partial charge in [0, 0.05) is 49.9 Å². The molecule has 1 fully saturated rings. The number of piperazine rings is 1. The molecule has 0 bridgehead atoms. The lowest BCUT2D eigenvalue weighted by Gasteiger charge is -2.36. The van der Waals surface area contributed by atoms with Crippen molar-refractivity contribution < 1.29 is 22.4 Å². The summed E-state index contributed by atoms with van der Waals surface area (Å²) in [5, 5.41) is 2.99. The number of urea groups is 1. The second kappa shape index (κ2) is 10.3. The summed E-state index contributed by atoms with van der Waals surface area (Å²) in [5.41, 5.74) is 0.709. The van der Waals surface area contributed by atoms with Crippen molar-refractivity contribution in [1.82, 2.24) is 14.9 Å². The molecule has 0 unspecified atom stereocenters. The highest BCUT2D eigenvalue weighted by atomic mass is 35.5. The largest absolute Gasteiger partial charge is 0.366 e. The Balaban J connectivity index is 1.44. The second-order valence-electron chi connectivity index (χ2n) is 7.28. The molecular formula is C21H24ClFN4O4S. The summed E-state index contributed by atoms with van der Waals surface area (Å²) in [7, 11) is -3.72. The molecule has 0 aliphatic carbocycles. The van der Waals surface area contributed by atoms with E-state index in [1.807, 2.05) is 4.90 Å². The standard InChI is InChI=1S/C21H24ClFN4O4S/c1-15(28)16-5-6-20(19(23)13-16)26-9-11-27(12-10-26)21(29)24-7-8-25-32(30,31)18-4-2-3-17(22)14-18/h2-6,13-14,25H,7-12H2,1H3,(H,24,29). The Bertz CT molecular complexity index is 1100. The number of ketones is 1. The Kier molecular flexibility index (Phi) is 7.70. The first kappa shape index (κ1) is 24.0. The number of nitrogens with zero attached hydrogens (tertiary/aromatic N) is 2. The lowest BCUT2D eigenvalue weighted by atomic mass is 10.1. The van der Waals surface area contributed by atoms with Gasteiger partial charge in [0.2, 0.25) is 10.0 Å². The number of halogens is 2. The van der Waals surface area contributed by atoms with E-state index in [4.69, 9.17) is 11.6 Å². The normalized spacial score (nSPS) is 14.3. The average Bonchev–Trinajstić information content (AvgIpc) is 2.76. The van der Waals surface area contributed by atoms with Gasteiger partial charge in [-0.05, 0) is 43.3 Å². The molecule has 1 saturated heterocycles. The molecule has 1 aliphatic heterocycles. The molecular weight excluding hydrogens is 459 g/mol. The first-order chi connectivity index (χ1) is 15.2. The van der Waals surface area contributed by atoms with E-state index in [0.29, 0.717) is 42.5 Å². The van der Waals surface area contributed by atoms with Crippen molar-refractivity contribution >= 4 is 39.1 Å². The highest BCUT2D eigenvalue weighted by Crippen LogP contribution is 2.22. The summed E-state index contributed by atoms with van der Waals surface area (Å²) in [4.78, 5) is 27.2. The van der Waals surface area contributed by atoms with Crippen molar-refractivity contribution in [2.45, 2.75) is 11.8 Å². The second-order valence-corrected chi connectivity index (χ2v) is 9.49. The van der Waals surface area contributed by atoms with Gasteiger partial charge < -0.3 is 15.1 Å². The maximum Gasteiger partial charge on any atom is 0.317 e. The molecule has 0 saturated carbocycles. The predicted octanol–water partition coefficient (Wildman–Crippen LogP) is 2.49. The van der Waals surface area contributed by atoms with Crippen molar-refractivity contribution in [3.8, 4) is 0 Å². The molecule has 3 rings (SSSR count). The lowest BCUT2D eigenvalue weighted by molar-refractivity contribution is 0.101. The van der Waals surface area contributed by atoms with Crippen LogP contribution in [-0.2, 0) is 10.0 Å². The average molecular weight is 483 g/mol. The Hall–Kier alpha value is -2.69. The van der Waals surface area contributed by atoms with E-state index in [1.165, 1.54) is 25.1 Å². The minimum absolute atomic E-state index is 0.0221. The van der Waals surface area contributed by atoms with Gasteiger partial charge in [0.15, 0.2) is 5.78 Å². The monoisotopic (exact) mass is 482 g/mol. The molecule has 2 aromatic carbocycles. The molecule has 32 heavy (non-hydrogen) atoms. The molecule has 2 amide bonds. The minimum Gasteiger partial charge on any atom is -0.366 e. The number of carbonyl (C=O) groups excluding carboxylic acids is 2. The molecule has 2 N–H and O–H groups in total. The van der Waals surface area contributed by atoms with Crippen molar-refractivity contribution in [2.24, 2.45) is 0 Å². The van der Waals surface area contributed by atoms with Gasteiger partial charge >= 0.3 is 6.03 Å². The first-order valence-electron chi connectivity index (χ1n) is 10.0. The van der Waals surface area contributed by atoms with Gasteiger partial charge in [-0.1, -0.05) is 17.7 Å². The number of benzene rings is 2. The van der Waals surface area contributed by atoms with Crippen LogP contribution in [0.5, 0.6) is 0 Å². The number of amides is 2. The highest BCUT2D eigenvalue weighted by molar-refractivity contribution is 7.89. The number of hydrogen-bond acceptors (Lipinski definition) is 5. The van der Waals surface area contributed by atoms with E-state index in [-0.39, 0.29) is 29.8 Å². The van der Waals surface area contributed by atoms with Crippen LogP contribution in [0.25, 0.3) is 0 Å². The van der Waals surface area contributed by atoms with Crippen LogP contribution in [0, 0.1) is 5.82 Å². The molecule has 1 heterocycles. The number of anilines is 1. The maximum atomic E-state index is 14.3.